The van der Waals surface area contributed by atoms with Crippen molar-refractivity contribution in [3.63, 3.8) is 0 Å². The molecule has 1 fully saturated rings. The third-order valence-corrected chi connectivity index (χ3v) is 7.37. The molecule has 0 unspecified atom stereocenters. The maximum Gasteiger partial charge on any atom is 0.274 e. The Morgan fingerprint density at radius 2 is 1.79 bits per heavy atom. The lowest BCUT2D eigenvalue weighted by atomic mass is 10.3. The molecule has 0 saturated carbocycles. The number of ether oxygens (including phenoxy) is 3. The number of sulfonamides is 1. The van der Waals surface area contributed by atoms with Gasteiger partial charge in [-0.2, -0.15) is 9.40 Å². The molecule has 12 heteroatoms. The fraction of sp³-hybridized carbons (Fsp3) is 0.476. The summed E-state index contributed by atoms with van der Waals surface area (Å²) in [4.78, 5) is 26.4. The number of carbonyl (C=O) groups is 1. The fourth-order valence-corrected chi connectivity index (χ4v) is 5.09. The quantitative estimate of drug-likeness (QED) is 0.577. The summed E-state index contributed by atoms with van der Waals surface area (Å²) in [5, 5.41) is 4.12. The Morgan fingerprint density at radius 1 is 1.06 bits per heavy atom. The van der Waals surface area contributed by atoms with Gasteiger partial charge >= 0.3 is 0 Å². The lowest BCUT2D eigenvalue weighted by Gasteiger charge is -2.33. The smallest absolute Gasteiger partial charge is 0.274 e. The van der Waals surface area contributed by atoms with Crippen molar-refractivity contribution in [2.45, 2.75) is 17.9 Å². The Kier molecular flexibility index (Phi) is 6.96. The monoisotopic (exact) mass is 478 g/mol. The highest BCUT2D eigenvalue weighted by Gasteiger charge is 2.31. The number of amides is 1. The van der Waals surface area contributed by atoms with Crippen molar-refractivity contribution in [2.24, 2.45) is 0 Å². The second-order valence-corrected chi connectivity index (χ2v) is 9.57. The van der Waals surface area contributed by atoms with E-state index < -0.39 is 10.0 Å². The van der Waals surface area contributed by atoms with Crippen LogP contribution < -0.4 is 15.0 Å². The number of fused-ring (bicyclic) bond motifs is 1. The van der Waals surface area contributed by atoms with Crippen LogP contribution in [0.2, 0.25) is 0 Å². The van der Waals surface area contributed by atoms with Gasteiger partial charge in [-0.25, -0.2) is 13.1 Å². The SMILES string of the molecule is COCCn1nc(C(=O)N2CCN(S(=O)(=O)c3ccc4c(c3)OCCCO4)CC2)ccc1=O. The molecule has 1 aromatic heterocycles. The van der Waals surface area contributed by atoms with Gasteiger partial charge in [0.25, 0.3) is 11.5 Å². The summed E-state index contributed by atoms with van der Waals surface area (Å²) in [6.45, 7) is 2.22. The van der Waals surface area contributed by atoms with Gasteiger partial charge in [-0.15, -0.1) is 0 Å². The molecule has 0 aliphatic carbocycles. The van der Waals surface area contributed by atoms with E-state index in [1.54, 1.807) is 6.07 Å². The fourth-order valence-electron chi connectivity index (χ4n) is 3.65. The second-order valence-electron chi connectivity index (χ2n) is 7.63. The average molecular weight is 479 g/mol. The van der Waals surface area contributed by atoms with Crippen LogP contribution in [0.15, 0.2) is 40.0 Å². The Labute approximate surface area is 191 Å². The molecule has 11 nitrogen and oxygen atoms in total. The molecule has 1 amide bonds. The molecule has 1 aromatic carbocycles. The van der Waals surface area contributed by atoms with Crippen LogP contribution in [0.25, 0.3) is 0 Å². The second kappa shape index (κ2) is 9.89. The molecule has 0 radical (unpaired) electrons. The molecule has 3 heterocycles. The summed E-state index contributed by atoms with van der Waals surface area (Å²) in [6, 6.07) is 7.28. The number of rotatable bonds is 6. The lowest BCUT2D eigenvalue weighted by molar-refractivity contribution is 0.0688. The van der Waals surface area contributed by atoms with Gasteiger partial charge in [0.05, 0.1) is 31.3 Å². The third-order valence-electron chi connectivity index (χ3n) is 5.48. The molecule has 2 aromatic rings. The molecular weight excluding hydrogens is 452 g/mol. The van der Waals surface area contributed by atoms with Gasteiger partial charge in [0.2, 0.25) is 10.0 Å². The van der Waals surface area contributed by atoms with Crippen LogP contribution in [-0.2, 0) is 21.3 Å². The molecule has 0 bridgehead atoms. The summed E-state index contributed by atoms with van der Waals surface area (Å²) >= 11 is 0. The van der Waals surface area contributed by atoms with E-state index >= 15 is 0 Å². The summed E-state index contributed by atoms with van der Waals surface area (Å²) in [5.74, 6) is 0.590. The molecule has 0 N–H and O–H groups in total. The van der Waals surface area contributed by atoms with E-state index in [2.05, 4.69) is 5.10 Å². The van der Waals surface area contributed by atoms with Gasteiger partial charge in [0.1, 0.15) is 5.69 Å². The van der Waals surface area contributed by atoms with Gasteiger partial charge in [-0.3, -0.25) is 9.59 Å². The summed E-state index contributed by atoms with van der Waals surface area (Å²) in [7, 11) is -2.25. The van der Waals surface area contributed by atoms with E-state index in [9.17, 15) is 18.0 Å². The highest BCUT2D eigenvalue weighted by atomic mass is 32.2. The molecule has 0 atom stereocenters. The van der Waals surface area contributed by atoms with E-state index in [1.807, 2.05) is 0 Å². The zero-order chi connectivity index (χ0) is 23.4. The number of hydrogen-bond acceptors (Lipinski definition) is 8. The first-order chi connectivity index (χ1) is 15.9. The third kappa shape index (κ3) is 5.02. The predicted molar refractivity (Wildman–Crippen MR) is 117 cm³/mol. The lowest BCUT2D eigenvalue weighted by Crippen LogP contribution is -2.50. The van der Waals surface area contributed by atoms with Crippen molar-refractivity contribution < 1.29 is 27.4 Å². The zero-order valence-electron chi connectivity index (χ0n) is 18.3. The van der Waals surface area contributed by atoms with Crippen molar-refractivity contribution in [1.82, 2.24) is 19.0 Å². The van der Waals surface area contributed by atoms with Gasteiger partial charge < -0.3 is 19.1 Å². The first-order valence-electron chi connectivity index (χ1n) is 10.7. The molecule has 178 valence electrons. The summed E-state index contributed by atoms with van der Waals surface area (Å²) < 4.78 is 45.0. The van der Waals surface area contributed by atoms with Gasteiger partial charge in [-0.05, 0) is 18.2 Å². The minimum Gasteiger partial charge on any atom is -0.490 e. The van der Waals surface area contributed by atoms with Crippen LogP contribution in [0.3, 0.4) is 0 Å². The predicted octanol–water partition coefficient (Wildman–Crippen LogP) is 0.198. The molecule has 2 aliphatic heterocycles. The van der Waals surface area contributed by atoms with E-state index in [4.69, 9.17) is 14.2 Å². The van der Waals surface area contributed by atoms with Crippen LogP contribution in [-0.4, -0.2) is 86.4 Å². The number of hydrogen-bond donors (Lipinski definition) is 0. The van der Waals surface area contributed by atoms with Crippen molar-refractivity contribution in [2.75, 3.05) is 53.1 Å². The Hall–Kier alpha value is -2.96. The van der Waals surface area contributed by atoms with E-state index in [-0.39, 0.29) is 54.8 Å². The molecule has 1 saturated heterocycles. The number of aromatic nitrogens is 2. The maximum atomic E-state index is 13.2. The Bertz CT molecular complexity index is 1170. The highest BCUT2D eigenvalue weighted by molar-refractivity contribution is 7.89. The number of piperazine rings is 1. The first kappa shape index (κ1) is 23.2. The maximum absolute atomic E-state index is 13.2. The molecular formula is C21H26N4O7S. The minimum absolute atomic E-state index is 0.124. The number of carbonyl (C=O) groups excluding carboxylic acids is 1. The molecule has 4 rings (SSSR count). The zero-order valence-corrected chi connectivity index (χ0v) is 19.1. The number of methoxy groups -OCH3 is 1. The first-order valence-corrected chi connectivity index (χ1v) is 12.1. The van der Waals surface area contributed by atoms with Crippen molar-refractivity contribution >= 4 is 15.9 Å². The van der Waals surface area contributed by atoms with Crippen LogP contribution >= 0.6 is 0 Å². The Morgan fingerprint density at radius 3 is 2.52 bits per heavy atom. The van der Waals surface area contributed by atoms with Crippen LogP contribution in [0, 0.1) is 0 Å². The number of nitrogens with zero attached hydrogens (tertiary/aromatic N) is 4. The average Bonchev–Trinajstić information content (AvgIpc) is 3.08. The van der Waals surface area contributed by atoms with Crippen molar-refractivity contribution in [1.29, 1.82) is 0 Å². The molecule has 2 aliphatic rings. The van der Waals surface area contributed by atoms with Crippen molar-refractivity contribution in [3.8, 4) is 11.5 Å². The Balaban J connectivity index is 1.44. The topological polar surface area (TPSA) is 120 Å². The van der Waals surface area contributed by atoms with E-state index in [0.29, 0.717) is 31.3 Å². The van der Waals surface area contributed by atoms with Gasteiger partial charge in [-0.1, -0.05) is 0 Å². The normalized spacial score (nSPS) is 16.9. The van der Waals surface area contributed by atoms with Crippen LogP contribution in [0.4, 0.5) is 0 Å². The number of benzene rings is 1. The largest absolute Gasteiger partial charge is 0.490 e. The highest BCUT2D eigenvalue weighted by Crippen LogP contribution is 2.33. The standard InChI is InChI=1S/C21H26N4O7S/c1-30-14-11-25-20(26)6-4-17(22-25)21(27)23-7-9-24(10-8-23)33(28,29)16-3-5-18-19(15-16)32-13-2-12-31-18/h3-6,15H,2,7-14H2,1H3. The molecule has 33 heavy (non-hydrogen) atoms. The van der Waals surface area contributed by atoms with Gasteiger partial charge in [0.15, 0.2) is 11.5 Å². The van der Waals surface area contributed by atoms with Crippen molar-refractivity contribution in [3.05, 3.63) is 46.4 Å². The van der Waals surface area contributed by atoms with Crippen LogP contribution in [0.5, 0.6) is 11.5 Å². The van der Waals surface area contributed by atoms with Gasteiger partial charge in [0, 0.05) is 51.8 Å². The summed E-state index contributed by atoms with van der Waals surface area (Å²) in [6.07, 6.45) is 0.728. The van der Waals surface area contributed by atoms with E-state index in [0.717, 1.165) is 6.42 Å². The van der Waals surface area contributed by atoms with E-state index in [1.165, 1.54) is 45.3 Å². The minimum atomic E-state index is -3.76. The molecule has 0 spiro atoms. The van der Waals surface area contributed by atoms with Crippen LogP contribution in [0.1, 0.15) is 16.9 Å². The summed E-state index contributed by atoms with van der Waals surface area (Å²) in [5.41, 5.74) is -0.195.